The number of hydrogen-bond donors (Lipinski definition) is 0. The molecule has 1 aromatic rings. The molecule has 0 aromatic heterocycles. The van der Waals surface area contributed by atoms with Crippen molar-refractivity contribution >= 4 is 5.91 Å². The van der Waals surface area contributed by atoms with Gasteiger partial charge in [-0.25, -0.2) is 0 Å². The van der Waals surface area contributed by atoms with E-state index in [2.05, 4.69) is 32.0 Å². The monoisotopic (exact) mass is 289 g/mol. The lowest BCUT2D eigenvalue weighted by atomic mass is 9.87. The van der Waals surface area contributed by atoms with Crippen molar-refractivity contribution in [2.75, 3.05) is 19.7 Å². The molecule has 0 unspecified atom stereocenters. The first-order chi connectivity index (χ1) is 10.0. The molecular weight excluding hydrogens is 262 g/mol. The highest BCUT2D eigenvalue weighted by atomic mass is 16.5. The number of ether oxygens (including phenoxy) is 1. The van der Waals surface area contributed by atoms with Gasteiger partial charge in [-0.1, -0.05) is 26.0 Å². The molecule has 21 heavy (non-hydrogen) atoms. The third-order valence-electron chi connectivity index (χ3n) is 4.38. The Labute approximate surface area is 128 Å². The highest BCUT2D eigenvalue weighted by Crippen LogP contribution is 2.36. The van der Waals surface area contributed by atoms with Gasteiger partial charge in [0.05, 0.1) is 6.61 Å². The van der Waals surface area contributed by atoms with E-state index in [0.29, 0.717) is 18.4 Å². The van der Waals surface area contributed by atoms with Gasteiger partial charge >= 0.3 is 0 Å². The molecule has 3 heteroatoms. The summed E-state index contributed by atoms with van der Waals surface area (Å²) < 4.78 is 5.87. The van der Waals surface area contributed by atoms with Crippen LogP contribution in [0.1, 0.15) is 63.5 Å². The lowest BCUT2D eigenvalue weighted by molar-refractivity contribution is -0.129. The number of nitrogens with zero attached hydrogens (tertiary/aromatic N) is 1. The summed E-state index contributed by atoms with van der Waals surface area (Å²) in [6.07, 6.45) is 2.06. The second kappa shape index (κ2) is 6.97. The van der Waals surface area contributed by atoms with Gasteiger partial charge in [0, 0.05) is 20.0 Å². The van der Waals surface area contributed by atoms with Gasteiger partial charge in [-0.3, -0.25) is 4.79 Å². The van der Waals surface area contributed by atoms with Crippen molar-refractivity contribution in [2.24, 2.45) is 0 Å². The molecule has 0 atom stereocenters. The minimum absolute atomic E-state index is 0.189. The largest absolute Gasteiger partial charge is 0.494 e. The fourth-order valence-corrected chi connectivity index (χ4v) is 3.03. The molecule has 0 aliphatic carbocycles. The lowest BCUT2D eigenvalue weighted by Crippen LogP contribution is -2.36. The van der Waals surface area contributed by atoms with Crippen LogP contribution in [-0.2, 0) is 4.79 Å². The average Bonchev–Trinajstić information content (AvgIpc) is 2.47. The summed E-state index contributed by atoms with van der Waals surface area (Å²) in [5.41, 5.74) is 2.63. The summed E-state index contributed by atoms with van der Waals surface area (Å²) in [7, 11) is 0. The number of amides is 1. The van der Waals surface area contributed by atoms with E-state index in [-0.39, 0.29) is 5.91 Å². The van der Waals surface area contributed by atoms with E-state index in [4.69, 9.17) is 4.74 Å². The maximum absolute atomic E-state index is 11.4. The first-order valence-electron chi connectivity index (χ1n) is 8.05. The zero-order chi connectivity index (χ0) is 15.4. The Morgan fingerprint density at radius 3 is 2.52 bits per heavy atom. The van der Waals surface area contributed by atoms with Gasteiger partial charge in [0.15, 0.2) is 0 Å². The van der Waals surface area contributed by atoms with Crippen LogP contribution in [0.4, 0.5) is 0 Å². The van der Waals surface area contributed by atoms with Crippen LogP contribution in [-0.4, -0.2) is 30.5 Å². The van der Waals surface area contributed by atoms with Crippen LogP contribution in [0.15, 0.2) is 18.2 Å². The Hall–Kier alpha value is -1.51. The fourth-order valence-electron chi connectivity index (χ4n) is 3.03. The second-order valence-electron chi connectivity index (χ2n) is 6.17. The summed E-state index contributed by atoms with van der Waals surface area (Å²) in [5.74, 6) is 2.24. The van der Waals surface area contributed by atoms with E-state index >= 15 is 0 Å². The summed E-state index contributed by atoms with van der Waals surface area (Å²) in [6, 6.07) is 6.65. The Kier molecular flexibility index (Phi) is 5.27. The van der Waals surface area contributed by atoms with Crippen molar-refractivity contribution in [3.63, 3.8) is 0 Å². The number of likely N-dealkylation sites (tertiary alicyclic amines) is 1. The minimum Gasteiger partial charge on any atom is -0.494 e. The molecule has 116 valence electrons. The average molecular weight is 289 g/mol. The number of hydrogen-bond acceptors (Lipinski definition) is 2. The molecule has 0 spiro atoms. The molecule has 2 rings (SSSR count). The second-order valence-corrected chi connectivity index (χ2v) is 6.17. The molecule has 0 N–H and O–H groups in total. The maximum Gasteiger partial charge on any atom is 0.219 e. The Bertz CT molecular complexity index is 488. The Morgan fingerprint density at radius 1 is 1.33 bits per heavy atom. The molecule has 1 fully saturated rings. The lowest BCUT2D eigenvalue weighted by Gasteiger charge is -2.32. The van der Waals surface area contributed by atoms with Crippen molar-refractivity contribution in [3.05, 3.63) is 29.3 Å². The Morgan fingerprint density at radius 2 is 2.00 bits per heavy atom. The van der Waals surface area contributed by atoms with Gasteiger partial charge in [0.2, 0.25) is 5.91 Å². The van der Waals surface area contributed by atoms with Crippen LogP contribution in [0, 0.1) is 0 Å². The van der Waals surface area contributed by atoms with Crippen LogP contribution in [0.5, 0.6) is 5.75 Å². The number of carbonyl (C=O) groups is 1. The quantitative estimate of drug-likeness (QED) is 0.840. The molecule has 3 nitrogen and oxygen atoms in total. The van der Waals surface area contributed by atoms with Crippen molar-refractivity contribution in [1.82, 2.24) is 4.90 Å². The summed E-state index contributed by atoms with van der Waals surface area (Å²) >= 11 is 0. The van der Waals surface area contributed by atoms with Gasteiger partial charge in [-0.05, 0) is 48.8 Å². The van der Waals surface area contributed by atoms with Crippen molar-refractivity contribution in [1.29, 1.82) is 0 Å². The molecular formula is C18H27NO2. The molecule has 0 bridgehead atoms. The molecule has 0 saturated carbocycles. The highest BCUT2D eigenvalue weighted by molar-refractivity contribution is 5.73. The predicted octanol–water partition coefficient (Wildman–Crippen LogP) is 3.93. The van der Waals surface area contributed by atoms with Crippen LogP contribution in [0.25, 0.3) is 0 Å². The molecule has 1 saturated heterocycles. The van der Waals surface area contributed by atoms with E-state index in [9.17, 15) is 4.79 Å². The van der Waals surface area contributed by atoms with Crippen LogP contribution in [0.3, 0.4) is 0 Å². The summed E-state index contributed by atoms with van der Waals surface area (Å²) in [6.45, 7) is 10.5. The van der Waals surface area contributed by atoms with E-state index in [0.717, 1.165) is 31.7 Å². The molecule has 1 amide bonds. The molecule has 1 heterocycles. The van der Waals surface area contributed by atoms with Gasteiger partial charge in [-0.2, -0.15) is 0 Å². The smallest absolute Gasteiger partial charge is 0.219 e. The normalized spacial score (nSPS) is 16.3. The van der Waals surface area contributed by atoms with E-state index in [1.165, 1.54) is 11.1 Å². The summed E-state index contributed by atoms with van der Waals surface area (Å²) in [5, 5.41) is 0. The number of benzene rings is 1. The zero-order valence-corrected chi connectivity index (χ0v) is 13.7. The van der Waals surface area contributed by atoms with Gasteiger partial charge in [0.1, 0.15) is 5.75 Å². The van der Waals surface area contributed by atoms with E-state index in [1.54, 1.807) is 6.92 Å². The third kappa shape index (κ3) is 3.78. The zero-order valence-electron chi connectivity index (χ0n) is 13.7. The van der Waals surface area contributed by atoms with Crippen LogP contribution in [0.2, 0.25) is 0 Å². The predicted molar refractivity (Wildman–Crippen MR) is 85.9 cm³/mol. The highest BCUT2D eigenvalue weighted by Gasteiger charge is 2.24. The van der Waals surface area contributed by atoms with Crippen molar-refractivity contribution < 1.29 is 9.53 Å². The van der Waals surface area contributed by atoms with Gasteiger partial charge in [0.25, 0.3) is 0 Å². The fraction of sp³-hybridized carbons (Fsp3) is 0.611. The SMILES string of the molecule is CCOc1cc(C(C)C)ccc1C1CCN(C(C)=O)CC1. The third-order valence-corrected chi connectivity index (χ3v) is 4.38. The van der Waals surface area contributed by atoms with E-state index < -0.39 is 0 Å². The summed E-state index contributed by atoms with van der Waals surface area (Å²) in [4.78, 5) is 13.4. The molecule has 1 aromatic carbocycles. The topological polar surface area (TPSA) is 29.5 Å². The Balaban J connectivity index is 2.17. The molecule has 1 aliphatic rings. The van der Waals surface area contributed by atoms with Crippen molar-refractivity contribution in [3.8, 4) is 5.75 Å². The molecule has 0 radical (unpaired) electrons. The number of piperidine rings is 1. The number of carbonyl (C=O) groups excluding carboxylic acids is 1. The standard InChI is InChI=1S/C18H27NO2/c1-5-21-18-12-16(13(2)3)6-7-17(18)15-8-10-19(11-9-15)14(4)20/h6-7,12-13,15H,5,8-11H2,1-4H3. The number of rotatable bonds is 4. The first-order valence-corrected chi connectivity index (χ1v) is 8.05. The van der Waals surface area contributed by atoms with Gasteiger partial charge in [-0.15, -0.1) is 0 Å². The minimum atomic E-state index is 0.189. The first kappa shape index (κ1) is 15.9. The van der Waals surface area contributed by atoms with E-state index in [1.807, 2.05) is 11.8 Å². The van der Waals surface area contributed by atoms with Gasteiger partial charge < -0.3 is 9.64 Å². The van der Waals surface area contributed by atoms with Crippen LogP contribution >= 0.6 is 0 Å². The van der Waals surface area contributed by atoms with Crippen LogP contribution < -0.4 is 4.74 Å². The molecule has 1 aliphatic heterocycles. The maximum atomic E-state index is 11.4. The van der Waals surface area contributed by atoms with Crippen molar-refractivity contribution in [2.45, 2.75) is 52.4 Å².